The van der Waals surface area contributed by atoms with Gasteiger partial charge in [-0.05, 0) is 38.1 Å². The molecule has 3 rings (SSSR count). The van der Waals surface area contributed by atoms with Crippen molar-refractivity contribution in [2.45, 2.75) is 37.4 Å². The number of hydrogen-bond donors (Lipinski definition) is 0. The molecule has 1 heterocycles. The van der Waals surface area contributed by atoms with Gasteiger partial charge in [-0.1, -0.05) is 0 Å². The average Bonchev–Trinajstić information content (AvgIpc) is 3.16. The molecule has 0 spiro atoms. The molecule has 32 heavy (non-hydrogen) atoms. The average molecular weight is 466 g/mol. The number of carbonyl (C=O) groups is 1. The first-order valence-electron chi connectivity index (χ1n) is 9.86. The molecular formula is C21H23FN2O7S. The largest absolute Gasteiger partial charge is 0.490 e. The number of ether oxygens (including phenoxy) is 2. The lowest BCUT2D eigenvalue weighted by atomic mass is 10.1. The number of benzene rings is 2. The van der Waals surface area contributed by atoms with Crippen LogP contribution in [-0.4, -0.2) is 55.7 Å². The summed E-state index contributed by atoms with van der Waals surface area (Å²) in [6, 6.07) is 7.24. The van der Waals surface area contributed by atoms with Crippen LogP contribution in [0.4, 0.5) is 10.1 Å². The second-order valence-corrected chi connectivity index (χ2v) is 9.76. The number of nitro groups is 1. The Labute approximate surface area is 184 Å². The third kappa shape index (κ3) is 5.34. The number of nitro benzene ring substituents is 1. The Bertz CT molecular complexity index is 1150. The molecule has 2 aromatic carbocycles. The highest BCUT2D eigenvalue weighted by atomic mass is 32.2. The number of carbonyl (C=O) groups excluding carboxylic acids is 1. The van der Waals surface area contributed by atoms with Gasteiger partial charge in [0.25, 0.3) is 11.6 Å². The Kier molecular flexibility index (Phi) is 6.68. The normalized spacial score (nSPS) is 16.3. The van der Waals surface area contributed by atoms with E-state index in [-0.39, 0.29) is 40.3 Å². The van der Waals surface area contributed by atoms with Crippen molar-refractivity contribution < 1.29 is 32.0 Å². The number of halogens is 1. The Hall–Kier alpha value is -3.21. The second-order valence-electron chi connectivity index (χ2n) is 7.75. The molecule has 0 N–H and O–H groups in total. The van der Waals surface area contributed by atoms with E-state index in [1.165, 1.54) is 29.2 Å². The molecule has 0 radical (unpaired) electrons. The van der Waals surface area contributed by atoms with E-state index in [9.17, 15) is 27.7 Å². The van der Waals surface area contributed by atoms with Gasteiger partial charge in [0, 0.05) is 25.3 Å². The van der Waals surface area contributed by atoms with Crippen LogP contribution < -0.4 is 9.47 Å². The quantitative estimate of drug-likeness (QED) is 0.454. The maximum atomic E-state index is 14.1. The minimum atomic E-state index is -3.53. The van der Waals surface area contributed by atoms with E-state index in [2.05, 4.69) is 0 Å². The van der Waals surface area contributed by atoms with Gasteiger partial charge >= 0.3 is 0 Å². The first-order valence-corrected chi connectivity index (χ1v) is 11.8. The molecule has 1 amide bonds. The van der Waals surface area contributed by atoms with Crippen molar-refractivity contribution in [1.82, 2.24) is 4.90 Å². The van der Waals surface area contributed by atoms with Crippen LogP contribution in [0.1, 0.15) is 30.6 Å². The Morgan fingerprint density at radius 1 is 1.22 bits per heavy atom. The predicted octanol–water partition coefficient (Wildman–Crippen LogP) is 3.22. The molecule has 11 heteroatoms. The summed E-state index contributed by atoms with van der Waals surface area (Å²) in [4.78, 5) is 24.7. The molecule has 0 bridgehead atoms. The molecule has 0 saturated carbocycles. The third-order valence-electron chi connectivity index (χ3n) is 4.82. The van der Waals surface area contributed by atoms with Crippen molar-refractivity contribution >= 4 is 21.4 Å². The van der Waals surface area contributed by atoms with E-state index in [4.69, 9.17) is 9.47 Å². The van der Waals surface area contributed by atoms with Crippen LogP contribution in [0.25, 0.3) is 0 Å². The van der Waals surface area contributed by atoms with Crippen molar-refractivity contribution in [3.63, 3.8) is 0 Å². The van der Waals surface area contributed by atoms with Crippen molar-refractivity contribution in [1.29, 1.82) is 0 Å². The molecule has 1 unspecified atom stereocenters. The van der Waals surface area contributed by atoms with Crippen molar-refractivity contribution in [3.05, 3.63) is 57.9 Å². The molecule has 0 aromatic heterocycles. The summed E-state index contributed by atoms with van der Waals surface area (Å²) in [5, 5.41) is 10.7. The number of amides is 1. The molecule has 1 aliphatic rings. The minimum absolute atomic E-state index is 0.00287. The van der Waals surface area contributed by atoms with Gasteiger partial charge < -0.3 is 14.4 Å². The van der Waals surface area contributed by atoms with Crippen LogP contribution >= 0.6 is 0 Å². The van der Waals surface area contributed by atoms with Gasteiger partial charge in [-0.2, -0.15) is 0 Å². The van der Waals surface area contributed by atoms with Crippen molar-refractivity contribution in [3.8, 4) is 11.5 Å². The molecule has 1 atom stereocenters. The van der Waals surface area contributed by atoms with Gasteiger partial charge in [0.05, 0.1) is 34.1 Å². The van der Waals surface area contributed by atoms with Crippen molar-refractivity contribution in [2.24, 2.45) is 0 Å². The smallest absolute Gasteiger partial charge is 0.272 e. The summed E-state index contributed by atoms with van der Waals surface area (Å²) in [5.74, 6) is -1.17. The SMILES string of the molecule is CC(C)Oc1ccc(S(C)(=O)=O)cc1C(=O)N1CCC(Oc2ccc([N+](=O)[O-])cc2F)C1. The van der Waals surface area contributed by atoms with Gasteiger partial charge in [0.2, 0.25) is 0 Å². The number of non-ortho nitro benzene ring substituents is 1. The van der Waals surface area contributed by atoms with Crippen LogP contribution in [-0.2, 0) is 9.84 Å². The van der Waals surface area contributed by atoms with E-state index >= 15 is 0 Å². The van der Waals surface area contributed by atoms with E-state index in [0.717, 1.165) is 18.4 Å². The molecule has 0 aliphatic carbocycles. The van der Waals surface area contributed by atoms with Gasteiger partial charge in [0.15, 0.2) is 21.4 Å². The minimum Gasteiger partial charge on any atom is -0.490 e. The highest BCUT2D eigenvalue weighted by Crippen LogP contribution is 2.29. The zero-order valence-corrected chi connectivity index (χ0v) is 18.6. The summed E-state index contributed by atoms with van der Waals surface area (Å²) in [7, 11) is -3.53. The fraction of sp³-hybridized carbons (Fsp3) is 0.381. The number of hydrogen-bond acceptors (Lipinski definition) is 7. The lowest BCUT2D eigenvalue weighted by Gasteiger charge is -2.20. The first kappa shape index (κ1) is 23.5. The number of sulfone groups is 1. The van der Waals surface area contributed by atoms with E-state index in [0.29, 0.717) is 13.0 Å². The Morgan fingerprint density at radius 2 is 1.91 bits per heavy atom. The molecule has 2 aromatic rings. The summed E-state index contributed by atoms with van der Waals surface area (Å²) in [6.07, 6.45) is 0.708. The lowest BCUT2D eigenvalue weighted by molar-refractivity contribution is -0.385. The van der Waals surface area contributed by atoms with E-state index < -0.39 is 32.6 Å². The second kappa shape index (κ2) is 9.11. The molecular weight excluding hydrogens is 443 g/mol. The third-order valence-corrected chi connectivity index (χ3v) is 5.93. The number of rotatable bonds is 7. The van der Waals surface area contributed by atoms with E-state index in [1.54, 1.807) is 13.8 Å². The van der Waals surface area contributed by atoms with E-state index in [1.807, 2.05) is 0 Å². The molecule has 9 nitrogen and oxygen atoms in total. The topological polar surface area (TPSA) is 116 Å². The zero-order valence-electron chi connectivity index (χ0n) is 17.8. The van der Waals surface area contributed by atoms with Gasteiger partial charge in [0.1, 0.15) is 11.9 Å². The lowest BCUT2D eigenvalue weighted by Crippen LogP contribution is -2.31. The summed E-state index contributed by atoms with van der Waals surface area (Å²) < 4.78 is 49.3. The molecule has 1 aliphatic heterocycles. The highest BCUT2D eigenvalue weighted by Gasteiger charge is 2.31. The summed E-state index contributed by atoms with van der Waals surface area (Å²) in [5.41, 5.74) is -0.273. The fourth-order valence-electron chi connectivity index (χ4n) is 3.32. The summed E-state index contributed by atoms with van der Waals surface area (Å²) in [6.45, 7) is 4.02. The molecule has 1 saturated heterocycles. The number of likely N-dealkylation sites (tertiary alicyclic amines) is 1. The van der Waals surface area contributed by atoms with Gasteiger partial charge in [-0.25, -0.2) is 12.8 Å². The molecule has 1 fully saturated rings. The Balaban J connectivity index is 1.79. The van der Waals surface area contributed by atoms with Crippen LogP contribution in [0.15, 0.2) is 41.3 Å². The summed E-state index contributed by atoms with van der Waals surface area (Å²) >= 11 is 0. The monoisotopic (exact) mass is 466 g/mol. The van der Waals surface area contributed by atoms with Gasteiger partial charge in [-0.15, -0.1) is 0 Å². The Morgan fingerprint density at radius 3 is 2.50 bits per heavy atom. The highest BCUT2D eigenvalue weighted by molar-refractivity contribution is 7.90. The predicted molar refractivity (Wildman–Crippen MR) is 113 cm³/mol. The molecule has 172 valence electrons. The fourth-order valence-corrected chi connectivity index (χ4v) is 3.97. The standard InChI is InChI=1S/C21H23FN2O7S/c1-13(2)30-19-7-5-16(32(3,28)29)11-17(19)21(25)23-9-8-15(12-23)31-20-6-4-14(24(26)27)10-18(20)22/h4-7,10-11,13,15H,8-9,12H2,1-3H3. The maximum absolute atomic E-state index is 14.1. The van der Waals surface area contributed by atoms with Crippen LogP contribution in [0.2, 0.25) is 0 Å². The zero-order chi connectivity index (χ0) is 23.6. The van der Waals surface area contributed by atoms with Gasteiger partial charge in [-0.3, -0.25) is 14.9 Å². The maximum Gasteiger partial charge on any atom is 0.272 e. The van der Waals surface area contributed by atoms with Crippen molar-refractivity contribution in [2.75, 3.05) is 19.3 Å². The number of nitrogens with zero attached hydrogens (tertiary/aromatic N) is 2. The first-order chi connectivity index (χ1) is 15.0. The van der Waals surface area contributed by atoms with Crippen LogP contribution in [0.3, 0.4) is 0 Å². The van der Waals surface area contributed by atoms with Crippen LogP contribution in [0, 0.1) is 15.9 Å². The van der Waals surface area contributed by atoms with Crippen LogP contribution in [0.5, 0.6) is 11.5 Å².